The van der Waals surface area contributed by atoms with Crippen LogP contribution in [0.15, 0.2) is 47.6 Å². The molecule has 0 aliphatic carbocycles. The van der Waals surface area contributed by atoms with Gasteiger partial charge in [0.2, 0.25) is 11.8 Å². The highest BCUT2D eigenvalue weighted by Gasteiger charge is 2.25. The van der Waals surface area contributed by atoms with Gasteiger partial charge in [0.1, 0.15) is 5.71 Å². The highest BCUT2D eigenvalue weighted by Crippen LogP contribution is 2.19. The molecule has 0 fully saturated rings. The van der Waals surface area contributed by atoms with Crippen LogP contribution in [-0.4, -0.2) is 35.0 Å². The van der Waals surface area contributed by atoms with Gasteiger partial charge in [-0.25, -0.2) is 18.2 Å². The summed E-state index contributed by atoms with van der Waals surface area (Å²) >= 11 is 0. The summed E-state index contributed by atoms with van der Waals surface area (Å²) < 4.78 is 39.7. The maximum Gasteiger partial charge on any atom is 0.267 e. The third-order valence-corrected chi connectivity index (χ3v) is 4.26. The molecule has 2 aromatic rings. The zero-order valence-electron chi connectivity index (χ0n) is 15.6. The number of halogens is 3. The first kappa shape index (κ1) is 21.0. The molecule has 10 heteroatoms. The van der Waals surface area contributed by atoms with E-state index in [4.69, 9.17) is 0 Å². The summed E-state index contributed by atoms with van der Waals surface area (Å²) in [5.41, 5.74) is 0.351. The van der Waals surface area contributed by atoms with Crippen molar-refractivity contribution in [1.29, 1.82) is 0 Å². The van der Waals surface area contributed by atoms with E-state index in [1.165, 1.54) is 5.01 Å². The minimum absolute atomic E-state index is 0.0670. The van der Waals surface area contributed by atoms with Crippen LogP contribution in [0, 0.1) is 17.5 Å². The third-order valence-electron chi connectivity index (χ3n) is 4.26. The largest absolute Gasteiger partial charge is 0.342 e. The number of amides is 3. The van der Waals surface area contributed by atoms with Crippen molar-refractivity contribution in [3.8, 4) is 0 Å². The molecule has 3 rings (SSSR count). The number of carbonyl (C=O) groups is 3. The Balaban J connectivity index is 1.58. The van der Waals surface area contributed by atoms with Crippen LogP contribution in [-0.2, 0) is 20.9 Å². The molecule has 2 aromatic carbocycles. The van der Waals surface area contributed by atoms with Gasteiger partial charge in [-0.2, -0.15) is 5.10 Å². The fourth-order valence-electron chi connectivity index (χ4n) is 2.72. The average molecular weight is 418 g/mol. The van der Waals surface area contributed by atoms with Gasteiger partial charge >= 0.3 is 0 Å². The Morgan fingerprint density at radius 1 is 1.00 bits per heavy atom. The molecule has 0 spiro atoms. The summed E-state index contributed by atoms with van der Waals surface area (Å²) in [6.45, 7) is -0.352. The van der Waals surface area contributed by atoms with Crippen molar-refractivity contribution in [2.45, 2.75) is 19.4 Å². The molecule has 0 unspecified atom stereocenters. The van der Waals surface area contributed by atoms with Gasteiger partial charge < -0.3 is 10.6 Å². The van der Waals surface area contributed by atoms with Gasteiger partial charge in [0, 0.05) is 12.8 Å². The first-order chi connectivity index (χ1) is 14.3. The monoisotopic (exact) mass is 418 g/mol. The van der Waals surface area contributed by atoms with E-state index >= 15 is 0 Å². The Labute approximate surface area is 169 Å². The maximum absolute atomic E-state index is 13.6. The van der Waals surface area contributed by atoms with E-state index < -0.39 is 41.5 Å². The molecule has 1 heterocycles. The van der Waals surface area contributed by atoms with Crippen molar-refractivity contribution >= 4 is 29.1 Å². The van der Waals surface area contributed by atoms with Gasteiger partial charge in [0.15, 0.2) is 17.5 Å². The Kier molecular flexibility index (Phi) is 6.45. The molecule has 1 aliphatic rings. The van der Waals surface area contributed by atoms with Crippen molar-refractivity contribution in [3.05, 3.63) is 65.5 Å². The van der Waals surface area contributed by atoms with E-state index in [1.54, 1.807) is 0 Å². The Hall–Kier alpha value is -3.69. The number of nitrogens with one attached hydrogen (secondary N) is 2. The van der Waals surface area contributed by atoms with Crippen molar-refractivity contribution in [1.82, 2.24) is 10.3 Å². The molecule has 2 N–H and O–H groups in total. The van der Waals surface area contributed by atoms with Crippen molar-refractivity contribution in [2.24, 2.45) is 5.10 Å². The highest BCUT2D eigenvalue weighted by atomic mass is 19.2. The quantitative estimate of drug-likeness (QED) is 0.706. The van der Waals surface area contributed by atoms with Crippen LogP contribution < -0.4 is 10.6 Å². The lowest BCUT2D eigenvalue weighted by Gasteiger charge is -2.23. The summed E-state index contributed by atoms with van der Waals surface area (Å²) in [5.74, 6) is -6.38. The van der Waals surface area contributed by atoms with Crippen molar-refractivity contribution in [3.63, 3.8) is 0 Å². The van der Waals surface area contributed by atoms with Crippen LogP contribution in [0.4, 0.5) is 18.9 Å². The first-order valence-electron chi connectivity index (χ1n) is 8.98. The predicted molar refractivity (Wildman–Crippen MR) is 102 cm³/mol. The third kappa shape index (κ3) is 5.02. The Morgan fingerprint density at radius 2 is 1.73 bits per heavy atom. The second-order valence-corrected chi connectivity index (χ2v) is 6.44. The summed E-state index contributed by atoms with van der Waals surface area (Å²) in [5, 5.41) is 9.60. The molecule has 3 amide bonds. The molecular weight excluding hydrogens is 401 g/mol. The summed E-state index contributed by atoms with van der Waals surface area (Å²) in [7, 11) is 0. The lowest BCUT2D eigenvalue weighted by Crippen LogP contribution is -2.41. The van der Waals surface area contributed by atoms with Gasteiger partial charge in [-0.15, -0.1) is 0 Å². The number of benzene rings is 2. The van der Waals surface area contributed by atoms with Crippen LogP contribution in [0.5, 0.6) is 0 Å². The molecule has 30 heavy (non-hydrogen) atoms. The lowest BCUT2D eigenvalue weighted by molar-refractivity contribution is -0.132. The minimum atomic E-state index is -1.71. The van der Waals surface area contributed by atoms with Crippen LogP contribution >= 0.6 is 0 Å². The van der Waals surface area contributed by atoms with Gasteiger partial charge in [-0.05, 0) is 17.7 Å². The van der Waals surface area contributed by atoms with E-state index in [1.807, 2.05) is 35.6 Å². The Morgan fingerprint density at radius 3 is 2.47 bits per heavy atom. The summed E-state index contributed by atoms with van der Waals surface area (Å²) in [4.78, 5) is 36.2. The van der Waals surface area contributed by atoms with Crippen LogP contribution in [0.25, 0.3) is 0 Å². The predicted octanol–water partition coefficient (Wildman–Crippen LogP) is 2.34. The summed E-state index contributed by atoms with van der Waals surface area (Å²) in [6, 6.07) is 10.6. The van der Waals surface area contributed by atoms with E-state index in [-0.39, 0.29) is 31.0 Å². The summed E-state index contributed by atoms with van der Waals surface area (Å²) in [6.07, 6.45) is 0.195. The Bertz CT molecular complexity index is 1010. The van der Waals surface area contributed by atoms with Crippen LogP contribution in [0.3, 0.4) is 0 Å². The molecular formula is C20H17F3N4O3. The average Bonchev–Trinajstić information content (AvgIpc) is 2.75. The standard InChI is InChI=1S/C20H17F3N4O3/c21-13-6-7-14(19(23)18(13)22)25-16(28)10-24-20(30)15-8-9-17(29)27(26-15)11-12-4-2-1-3-5-12/h1-7H,8-11H2,(H,24,30)(H,25,28). The number of carbonyl (C=O) groups excluding carboxylic acids is 3. The second kappa shape index (κ2) is 9.21. The zero-order chi connectivity index (χ0) is 21.7. The number of hydrazone groups is 1. The number of anilines is 1. The van der Waals surface area contributed by atoms with Crippen LogP contribution in [0.1, 0.15) is 18.4 Å². The van der Waals surface area contributed by atoms with E-state index in [9.17, 15) is 27.6 Å². The fraction of sp³-hybridized carbons (Fsp3) is 0.200. The van der Waals surface area contributed by atoms with Crippen molar-refractivity contribution < 1.29 is 27.6 Å². The van der Waals surface area contributed by atoms with Crippen molar-refractivity contribution in [2.75, 3.05) is 11.9 Å². The number of rotatable bonds is 6. The maximum atomic E-state index is 13.6. The molecule has 0 bridgehead atoms. The molecule has 156 valence electrons. The van der Waals surface area contributed by atoms with E-state index in [0.717, 1.165) is 11.6 Å². The molecule has 0 saturated carbocycles. The molecule has 1 aliphatic heterocycles. The molecule has 7 nitrogen and oxygen atoms in total. The van der Waals surface area contributed by atoms with E-state index in [0.29, 0.717) is 6.07 Å². The van der Waals surface area contributed by atoms with E-state index in [2.05, 4.69) is 10.4 Å². The molecule has 0 radical (unpaired) electrons. The number of hydrogen-bond donors (Lipinski definition) is 2. The van der Waals surface area contributed by atoms with Gasteiger partial charge in [-0.3, -0.25) is 14.4 Å². The topological polar surface area (TPSA) is 90.9 Å². The number of hydrogen-bond acceptors (Lipinski definition) is 4. The van der Waals surface area contributed by atoms with Gasteiger partial charge in [-0.1, -0.05) is 30.3 Å². The normalized spacial score (nSPS) is 13.6. The molecule has 0 aromatic heterocycles. The second-order valence-electron chi connectivity index (χ2n) is 6.44. The molecule has 0 atom stereocenters. The molecule has 0 saturated heterocycles. The van der Waals surface area contributed by atoms with Crippen LogP contribution in [0.2, 0.25) is 0 Å². The fourth-order valence-corrected chi connectivity index (χ4v) is 2.72. The minimum Gasteiger partial charge on any atom is -0.342 e. The lowest BCUT2D eigenvalue weighted by atomic mass is 10.1. The highest BCUT2D eigenvalue weighted by molar-refractivity contribution is 6.39. The SMILES string of the molecule is O=C(CNC(=O)C1=NN(Cc2ccccc2)C(=O)CC1)Nc1ccc(F)c(F)c1F. The zero-order valence-corrected chi connectivity index (χ0v) is 15.6. The first-order valence-corrected chi connectivity index (χ1v) is 8.98. The van der Waals surface area contributed by atoms with Gasteiger partial charge in [0.25, 0.3) is 5.91 Å². The number of nitrogens with zero attached hydrogens (tertiary/aromatic N) is 2. The smallest absolute Gasteiger partial charge is 0.267 e. The van der Waals surface area contributed by atoms with Gasteiger partial charge in [0.05, 0.1) is 18.8 Å².